The van der Waals surface area contributed by atoms with E-state index in [0.717, 1.165) is 36.6 Å². The Labute approximate surface area is 129 Å². The Bertz CT molecular complexity index is 581. The van der Waals surface area contributed by atoms with E-state index in [1.54, 1.807) is 4.88 Å². The van der Waals surface area contributed by atoms with E-state index < -0.39 is 0 Å². The van der Waals surface area contributed by atoms with Crippen LogP contribution in [0.3, 0.4) is 0 Å². The second-order valence-electron chi connectivity index (χ2n) is 5.31. The zero-order valence-corrected chi connectivity index (χ0v) is 13.0. The highest BCUT2D eigenvalue weighted by Gasteiger charge is 2.18. The van der Waals surface area contributed by atoms with Crippen molar-refractivity contribution >= 4 is 22.9 Å². The Balaban J connectivity index is 1.57. The van der Waals surface area contributed by atoms with Crippen molar-refractivity contribution in [2.24, 2.45) is 5.73 Å². The van der Waals surface area contributed by atoms with Crippen LogP contribution in [-0.2, 0) is 13.0 Å². The fraction of sp³-hybridized carbons (Fsp3) is 0.375. The Morgan fingerprint density at radius 3 is 3.00 bits per heavy atom. The van der Waals surface area contributed by atoms with Crippen LogP contribution in [0.25, 0.3) is 0 Å². The molecule has 0 saturated carbocycles. The minimum atomic E-state index is 0.0209. The summed E-state index contributed by atoms with van der Waals surface area (Å²) in [5, 5.41) is 2.97. The summed E-state index contributed by atoms with van der Waals surface area (Å²) in [5.41, 5.74) is 8.83. The molecule has 0 bridgehead atoms. The predicted molar refractivity (Wildman–Crippen MR) is 86.3 cm³/mol. The summed E-state index contributed by atoms with van der Waals surface area (Å²) >= 11 is 8.08. The average molecular weight is 307 g/mol. The molecule has 3 rings (SSSR count). The summed E-state index contributed by atoms with van der Waals surface area (Å²) in [6, 6.07) is 10.2. The molecule has 2 aromatic rings. The number of fused-ring (bicyclic) bond motifs is 1. The molecule has 0 amide bonds. The minimum absolute atomic E-state index is 0.0209. The van der Waals surface area contributed by atoms with Crippen LogP contribution in [0, 0.1) is 0 Å². The molecule has 1 atom stereocenters. The largest absolute Gasteiger partial charge is 0.324 e. The van der Waals surface area contributed by atoms with Crippen molar-refractivity contribution in [3.63, 3.8) is 0 Å². The summed E-state index contributed by atoms with van der Waals surface area (Å²) in [4.78, 5) is 4.04. The maximum atomic E-state index is 6.28. The van der Waals surface area contributed by atoms with Crippen molar-refractivity contribution in [1.29, 1.82) is 0 Å². The lowest BCUT2D eigenvalue weighted by Gasteiger charge is -2.28. The average Bonchev–Trinajstić information content (AvgIpc) is 2.92. The first-order chi connectivity index (χ1) is 9.74. The predicted octanol–water partition coefficient (Wildman–Crippen LogP) is 3.85. The minimum Gasteiger partial charge on any atom is -0.324 e. The van der Waals surface area contributed by atoms with E-state index in [-0.39, 0.29) is 6.04 Å². The first-order valence-electron chi connectivity index (χ1n) is 7.01. The summed E-state index contributed by atoms with van der Waals surface area (Å²) in [6.07, 6.45) is 2.12. The number of thiophene rings is 1. The number of halogens is 1. The molecule has 0 fully saturated rings. The first-order valence-corrected chi connectivity index (χ1v) is 8.27. The van der Waals surface area contributed by atoms with Gasteiger partial charge in [-0.15, -0.1) is 11.3 Å². The van der Waals surface area contributed by atoms with E-state index in [1.165, 1.54) is 12.0 Å². The molecule has 0 aliphatic carbocycles. The fourth-order valence-corrected chi connectivity index (χ4v) is 3.92. The number of rotatable bonds is 4. The monoisotopic (exact) mass is 306 g/mol. The van der Waals surface area contributed by atoms with Crippen molar-refractivity contribution in [2.45, 2.75) is 25.4 Å². The molecule has 1 aliphatic heterocycles. The van der Waals surface area contributed by atoms with Gasteiger partial charge in [0.2, 0.25) is 0 Å². The van der Waals surface area contributed by atoms with Gasteiger partial charge in [0, 0.05) is 35.6 Å². The summed E-state index contributed by atoms with van der Waals surface area (Å²) in [7, 11) is 0. The zero-order chi connectivity index (χ0) is 13.9. The van der Waals surface area contributed by atoms with Gasteiger partial charge in [-0.05, 0) is 41.5 Å². The van der Waals surface area contributed by atoms with Crippen LogP contribution in [0.2, 0.25) is 5.02 Å². The van der Waals surface area contributed by atoms with Crippen LogP contribution in [0.5, 0.6) is 0 Å². The van der Waals surface area contributed by atoms with Crippen LogP contribution in [0.4, 0.5) is 0 Å². The van der Waals surface area contributed by atoms with Crippen LogP contribution < -0.4 is 5.73 Å². The summed E-state index contributed by atoms with van der Waals surface area (Å²) < 4.78 is 0. The van der Waals surface area contributed by atoms with Gasteiger partial charge in [0.25, 0.3) is 0 Å². The SMILES string of the molecule is NC(CCN1CCc2sccc2C1)c1ccccc1Cl. The normalized spacial score (nSPS) is 16.9. The number of nitrogens with two attached hydrogens (primary N) is 1. The summed E-state index contributed by atoms with van der Waals surface area (Å²) in [5.74, 6) is 0. The van der Waals surface area contributed by atoms with Gasteiger partial charge >= 0.3 is 0 Å². The number of benzene rings is 1. The molecule has 4 heteroatoms. The molecule has 0 spiro atoms. The summed E-state index contributed by atoms with van der Waals surface area (Å²) in [6.45, 7) is 3.23. The molecular weight excluding hydrogens is 288 g/mol. The quantitative estimate of drug-likeness (QED) is 0.929. The van der Waals surface area contributed by atoms with Crippen LogP contribution >= 0.6 is 22.9 Å². The molecule has 106 valence electrons. The lowest BCUT2D eigenvalue weighted by atomic mass is 10.0. The Hall–Kier alpha value is -0.870. The molecule has 1 aliphatic rings. The molecule has 20 heavy (non-hydrogen) atoms. The van der Waals surface area contributed by atoms with Crippen LogP contribution in [-0.4, -0.2) is 18.0 Å². The lowest BCUT2D eigenvalue weighted by molar-refractivity contribution is 0.246. The third kappa shape index (κ3) is 3.07. The second kappa shape index (κ2) is 6.27. The standard InChI is InChI=1S/C16H19ClN2S/c17-14-4-2-1-3-13(14)15(18)5-8-19-9-6-16-12(11-19)7-10-20-16/h1-4,7,10,15H,5-6,8-9,11,18H2. The third-order valence-corrected chi connectivity index (χ3v) is 5.31. The van der Waals surface area contributed by atoms with Crippen LogP contribution in [0.1, 0.15) is 28.5 Å². The molecule has 2 heterocycles. The molecule has 0 radical (unpaired) electrons. The third-order valence-electron chi connectivity index (χ3n) is 3.95. The van der Waals surface area contributed by atoms with Gasteiger partial charge in [-0.3, -0.25) is 4.90 Å². The first kappa shape index (κ1) is 14.1. The van der Waals surface area contributed by atoms with E-state index >= 15 is 0 Å². The van der Waals surface area contributed by atoms with Gasteiger partial charge in [-0.2, -0.15) is 0 Å². The highest BCUT2D eigenvalue weighted by Crippen LogP contribution is 2.26. The molecule has 1 unspecified atom stereocenters. The van der Waals surface area contributed by atoms with Gasteiger partial charge in [0.05, 0.1) is 0 Å². The molecule has 2 N–H and O–H groups in total. The molecule has 1 aromatic carbocycles. The number of hydrogen-bond acceptors (Lipinski definition) is 3. The Morgan fingerprint density at radius 1 is 1.30 bits per heavy atom. The molecule has 2 nitrogen and oxygen atoms in total. The molecular formula is C16H19ClN2S. The maximum absolute atomic E-state index is 6.28. The van der Waals surface area contributed by atoms with Crippen molar-refractivity contribution in [2.75, 3.05) is 13.1 Å². The van der Waals surface area contributed by atoms with E-state index in [1.807, 2.05) is 35.6 Å². The maximum Gasteiger partial charge on any atom is 0.0453 e. The van der Waals surface area contributed by atoms with E-state index in [4.69, 9.17) is 17.3 Å². The highest BCUT2D eigenvalue weighted by molar-refractivity contribution is 7.10. The lowest BCUT2D eigenvalue weighted by Crippen LogP contribution is -2.32. The smallest absolute Gasteiger partial charge is 0.0453 e. The zero-order valence-electron chi connectivity index (χ0n) is 11.4. The van der Waals surface area contributed by atoms with Crippen molar-refractivity contribution in [1.82, 2.24) is 4.90 Å². The van der Waals surface area contributed by atoms with Crippen molar-refractivity contribution in [3.05, 3.63) is 56.7 Å². The highest BCUT2D eigenvalue weighted by atomic mass is 35.5. The van der Waals surface area contributed by atoms with Gasteiger partial charge in [-0.1, -0.05) is 29.8 Å². The molecule has 1 aromatic heterocycles. The van der Waals surface area contributed by atoms with Gasteiger partial charge in [0.1, 0.15) is 0 Å². The topological polar surface area (TPSA) is 29.3 Å². The van der Waals surface area contributed by atoms with Gasteiger partial charge < -0.3 is 5.73 Å². The van der Waals surface area contributed by atoms with Crippen LogP contribution in [0.15, 0.2) is 35.7 Å². The Kier molecular flexibility index (Phi) is 4.41. The van der Waals surface area contributed by atoms with Gasteiger partial charge in [0.15, 0.2) is 0 Å². The number of nitrogens with zero attached hydrogens (tertiary/aromatic N) is 1. The van der Waals surface area contributed by atoms with E-state index in [2.05, 4.69) is 16.3 Å². The Morgan fingerprint density at radius 2 is 2.15 bits per heavy atom. The van der Waals surface area contributed by atoms with E-state index in [9.17, 15) is 0 Å². The second-order valence-corrected chi connectivity index (χ2v) is 6.72. The molecule has 0 saturated heterocycles. The van der Waals surface area contributed by atoms with Gasteiger partial charge in [-0.25, -0.2) is 0 Å². The van der Waals surface area contributed by atoms with E-state index in [0.29, 0.717) is 0 Å². The fourth-order valence-electron chi connectivity index (χ4n) is 2.75. The van der Waals surface area contributed by atoms with Crippen molar-refractivity contribution in [3.8, 4) is 0 Å². The van der Waals surface area contributed by atoms with Crippen molar-refractivity contribution < 1.29 is 0 Å². The number of hydrogen-bond donors (Lipinski definition) is 1.